The van der Waals surface area contributed by atoms with Crippen LogP contribution in [0.1, 0.15) is 26.3 Å². The van der Waals surface area contributed by atoms with Crippen molar-refractivity contribution in [3.05, 3.63) is 363 Å². The Morgan fingerprint density at radius 1 is 0.280 bits per heavy atom. The van der Waals surface area contributed by atoms with E-state index in [0.29, 0.717) is 0 Å². The molecular formula is C88H68BNSSi2. The molecule has 93 heavy (non-hydrogen) atoms. The molecular weight excluding hydrogens is 1170 g/mol. The van der Waals surface area contributed by atoms with E-state index in [1.54, 1.807) is 0 Å². The van der Waals surface area contributed by atoms with E-state index >= 15 is 0 Å². The van der Waals surface area contributed by atoms with Crippen LogP contribution in [0.25, 0.3) is 44.5 Å². The van der Waals surface area contributed by atoms with Gasteiger partial charge in [-0.25, -0.2) is 0 Å². The van der Waals surface area contributed by atoms with E-state index in [1.165, 1.54) is 135 Å². The van der Waals surface area contributed by atoms with Gasteiger partial charge in [0.2, 0.25) is 6.71 Å². The maximum atomic E-state index is 2.74. The zero-order valence-electron chi connectivity index (χ0n) is 52.5. The molecule has 0 fully saturated rings. The standard InChI is InChI=1S/C88H68BNSSi2/c1-88(2,3)69-53-55-80-82(59-69)90(87-78(65-35-16-6-17-36-65)51-30-52-79(87)66-37-18-7-19-38-66)83-61-77(93(72-45-24-10-25-46-72,73-47-26-11-27-48-73)75-50-29-40-68(58-75)64-33-14-5-15-34-64)62-85-86(83)89(80)81-60-76(54-56-84(81)91-85)92(70-41-20-8-21-42-70,71-43-22-9-23-44-71)74-49-28-39-67(57-74)63-31-12-4-13-32-63/h4-62H,1-3H3. The first kappa shape index (κ1) is 57.9. The number of hydrogen-bond donors (Lipinski definition) is 0. The molecule has 0 aromatic heterocycles. The van der Waals surface area contributed by atoms with Crippen LogP contribution in [-0.4, -0.2) is 22.9 Å². The second kappa shape index (κ2) is 24.1. The SMILES string of the molecule is CC(C)(C)c1ccc2c(c1)N(c1c(-c3ccccc3)cccc1-c1ccccc1)c1cc([Si](c3ccccc3)(c3ccccc3)c3cccc(-c4ccccc4)c3)cc3c1B2c1cc([Si](c2ccccc2)(c2ccccc2)c2cccc(-c4ccccc4)c2)ccc1S3. The lowest BCUT2D eigenvalue weighted by Crippen LogP contribution is -2.75. The minimum absolute atomic E-state index is 0.135. The van der Waals surface area contributed by atoms with Crippen LogP contribution < -0.4 is 62.8 Å². The lowest BCUT2D eigenvalue weighted by atomic mass is 9.34. The Bertz CT molecular complexity index is 4890. The predicted molar refractivity (Wildman–Crippen MR) is 404 cm³/mol. The molecule has 14 aromatic rings. The molecule has 0 bridgehead atoms. The van der Waals surface area contributed by atoms with Gasteiger partial charge >= 0.3 is 0 Å². The van der Waals surface area contributed by atoms with Gasteiger partial charge in [0.25, 0.3) is 0 Å². The van der Waals surface area contributed by atoms with E-state index in [-0.39, 0.29) is 12.1 Å². The summed E-state index contributed by atoms with van der Waals surface area (Å²) in [4.78, 5) is 5.31. The highest BCUT2D eigenvalue weighted by Gasteiger charge is 2.49. The van der Waals surface area contributed by atoms with Gasteiger partial charge in [-0.15, -0.1) is 0 Å². The third kappa shape index (κ3) is 10.0. The number of para-hydroxylation sites is 1. The highest BCUT2D eigenvalue weighted by molar-refractivity contribution is 8.00. The topological polar surface area (TPSA) is 3.24 Å². The maximum Gasteiger partial charge on any atom is 0.249 e. The molecule has 0 saturated heterocycles. The van der Waals surface area contributed by atoms with Crippen LogP contribution in [0.5, 0.6) is 0 Å². The molecule has 5 heteroatoms. The molecule has 0 aliphatic carbocycles. The van der Waals surface area contributed by atoms with Crippen molar-refractivity contribution in [2.75, 3.05) is 4.90 Å². The highest BCUT2D eigenvalue weighted by atomic mass is 32.2. The number of rotatable bonds is 13. The predicted octanol–water partition coefficient (Wildman–Crippen LogP) is 15.2. The molecule has 442 valence electrons. The van der Waals surface area contributed by atoms with Crippen molar-refractivity contribution < 1.29 is 0 Å². The molecule has 0 saturated carbocycles. The fraction of sp³-hybridized carbons (Fsp3) is 0.0455. The first-order valence-corrected chi connectivity index (χ1v) is 37.3. The Morgan fingerprint density at radius 3 is 1.12 bits per heavy atom. The van der Waals surface area contributed by atoms with Crippen molar-refractivity contribution in [3.8, 4) is 44.5 Å². The number of benzene rings is 14. The molecule has 2 aliphatic heterocycles. The Labute approximate surface area is 554 Å². The molecule has 0 unspecified atom stereocenters. The van der Waals surface area contributed by atoms with Crippen LogP contribution in [0.4, 0.5) is 17.1 Å². The van der Waals surface area contributed by atoms with Gasteiger partial charge in [-0.1, -0.05) is 372 Å². The normalized spacial score (nSPS) is 12.6. The summed E-state index contributed by atoms with van der Waals surface area (Å²) in [7, 11) is -6.41. The van der Waals surface area contributed by atoms with Gasteiger partial charge in [0, 0.05) is 32.3 Å². The summed E-state index contributed by atoms with van der Waals surface area (Å²) in [5.41, 5.74) is 18.2. The third-order valence-corrected chi connectivity index (χ3v) is 30.2. The van der Waals surface area contributed by atoms with Crippen LogP contribution in [0.15, 0.2) is 368 Å². The fourth-order valence-electron chi connectivity index (χ4n) is 15.3. The molecule has 1 nitrogen and oxygen atoms in total. The molecule has 16 rings (SSSR count). The average Bonchev–Trinajstić information content (AvgIpc) is 0.695. The second-order valence-electron chi connectivity index (χ2n) is 25.8. The van der Waals surface area contributed by atoms with Crippen LogP contribution in [0.2, 0.25) is 0 Å². The number of fused-ring (bicyclic) bond motifs is 4. The molecule has 2 aliphatic rings. The number of hydrogen-bond acceptors (Lipinski definition) is 2. The molecule has 0 spiro atoms. The van der Waals surface area contributed by atoms with Crippen LogP contribution in [0.3, 0.4) is 0 Å². The number of nitrogens with zero attached hydrogens (tertiary/aromatic N) is 1. The molecule has 0 atom stereocenters. The first-order chi connectivity index (χ1) is 45.8. The Balaban J connectivity index is 1.05. The zero-order valence-corrected chi connectivity index (χ0v) is 55.3. The molecule has 2 heterocycles. The Morgan fingerprint density at radius 2 is 0.667 bits per heavy atom. The van der Waals surface area contributed by atoms with Gasteiger partial charge in [-0.3, -0.25) is 0 Å². The lowest BCUT2D eigenvalue weighted by Gasteiger charge is -2.44. The van der Waals surface area contributed by atoms with Crippen molar-refractivity contribution in [2.45, 2.75) is 36.0 Å². The second-order valence-corrected chi connectivity index (χ2v) is 34.5. The lowest BCUT2D eigenvalue weighted by molar-refractivity contribution is 0.590. The largest absolute Gasteiger partial charge is 0.310 e. The van der Waals surface area contributed by atoms with Crippen LogP contribution in [0, 0.1) is 0 Å². The maximum absolute atomic E-state index is 3.29. The Kier molecular flexibility index (Phi) is 15.0. The monoisotopic (exact) mass is 1240 g/mol. The summed E-state index contributed by atoms with van der Waals surface area (Å²) in [5, 5.41) is 10.8. The van der Waals surface area contributed by atoms with E-state index in [2.05, 4.69) is 384 Å². The molecule has 0 N–H and O–H groups in total. The fourth-order valence-corrected chi connectivity index (χ4v) is 26.2. The van der Waals surface area contributed by atoms with E-state index < -0.39 is 16.1 Å². The van der Waals surface area contributed by atoms with E-state index in [0.717, 1.165) is 0 Å². The molecule has 0 amide bonds. The average molecular weight is 1240 g/mol. The van der Waals surface area contributed by atoms with Crippen molar-refractivity contribution in [2.24, 2.45) is 0 Å². The van der Waals surface area contributed by atoms with Crippen molar-refractivity contribution in [1.29, 1.82) is 0 Å². The van der Waals surface area contributed by atoms with Gasteiger partial charge < -0.3 is 4.90 Å². The van der Waals surface area contributed by atoms with Gasteiger partial charge in [-0.05, 0) is 121 Å². The Hall–Kier alpha value is -10.3. The van der Waals surface area contributed by atoms with E-state index in [1.807, 2.05) is 11.8 Å². The van der Waals surface area contributed by atoms with Crippen LogP contribution >= 0.6 is 11.8 Å². The summed E-state index contributed by atoms with van der Waals surface area (Å²) < 4.78 is 0. The summed E-state index contributed by atoms with van der Waals surface area (Å²) in [6.45, 7) is 6.97. The van der Waals surface area contributed by atoms with Crippen molar-refractivity contribution in [3.63, 3.8) is 0 Å². The van der Waals surface area contributed by atoms with Crippen molar-refractivity contribution >= 4 is 110 Å². The zero-order chi connectivity index (χ0) is 62.5. The first-order valence-electron chi connectivity index (χ1n) is 32.5. The smallest absolute Gasteiger partial charge is 0.249 e. The minimum Gasteiger partial charge on any atom is -0.310 e. The van der Waals surface area contributed by atoms with Gasteiger partial charge in [0.05, 0.1) is 5.69 Å². The summed E-state index contributed by atoms with van der Waals surface area (Å²) in [6.07, 6.45) is 0. The summed E-state index contributed by atoms with van der Waals surface area (Å²) >= 11 is 1.96. The quantitative estimate of drug-likeness (QED) is 0.0836. The molecule has 0 radical (unpaired) electrons. The number of anilines is 3. The third-order valence-electron chi connectivity index (χ3n) is 19.6. The van der Waals surface area contributed by atoms with Crippen LogP contribution in [-0.2, 0) is 5.41 Å². The van der Waals surface area contributed by atoms with E-state index in [9.17, 15) is 0 Å². The minimum atomic E-state index is -3.29. The van der Waals surface area contributed by atoms with E-state index in [4.69, 9.17) is 0 Å². The van der Waals surface area contributed by atoms with Crippen molar-refractivity contribution in [1.82, 2.24) is 0 Å². The van der Waals surface area contributed by atoms with Gasteiger partial charge in [0.15, 0.2) is 16.1 Å². The van der Waals surface area contributed by atoms with Gasteiger partial charge in [0.1, 0.15) is 0 Å². The summed E-state index contributed by atoms with van der Waals surface area (Å²) in [6, 6.07) is 137. The summed E-state index contributed by atoms with van der Waals surface area (Å²) in [5.74, 6) is 0. The highest BCUT2D eigenvalue weighted by Crippen LogP contribution is 2.49. The van der Waals surface area contributed by atoms with Gasteiger partial charge in [-0.2, -0.15) is 0 Å². The molecule has 14 aromatic carbocycles.